The van der Waals surface area contributed by atoms with E-state index in [0.717, 1.165) is 11.8 Å². The van der Waals surface area contributed by atoms with E-state index in [1.165, 1.54) is 19.3 Å². The lowest BCUT2D eigenvalue weighted by molar-refractivity contribution is 0.518. The first-order valence-corrected chi connectivity index (χ1v) is 4.16. The van der Waals surface area contributed by atoms with Gasteiger partial charge in [0.15, 0.2) is 0 Å². The number of hydrogen-bond acceptors (Lipinski definition) is 0. The van der Waals surface area contributed by atoms with E-state index < -0.39 is 0 Å². The van der Waals surface area contributed by atoms with E-state index in [-0.39, 0.29) is 0 Å². The molecule has 3 aliphatic rings. The maximum absolute atomic E-state index is 1.89. The van der Waals surface area contributed by atoms with Gasteiger partial charge in [-0.3, -0.25) is 0 Å². The standard InChI is InChI=1S/C9H12/c1-2-6(1)8-4-3-7-5-9(7)8/h6,8H,1-5H2. The molecule has 3 rings (SSSR count). The Balaban J connectivity index is 1.85. The van der Waals surface area contributed by atoms with E-state index in [4.69, 9.17) is 0 Å². The first kappa shape index (κ1) is 4.54. The van der Waals surface area contributed by atoms with E-state index in [1.807, 2.05) is 11.1 Å². The van der Waals surface area contributed by atoms with Gasteiger partial charge in [0.1, 0.15) is 0 Å². The van der Waals surface area contributed by atoms with Gasteiger partial charge in [0.05, 0.1) is 0 Å². The SMILES string of the molecule is C1CC(C2CC2)C2=C1C2. The molecule has 0 aromatic rings. The molecule has 0 bridgehead atoms. The van der Waals surface area contributed by atoms with Crippen LogP contribution in [0.2, 0.25) is 0 Å². The zero-order valence-corrected chi connectivity index (χ0v) is 5.69. The first-order chi connectivity index (χ1) is 4.45. The second-order valence-electron chi connectivity index (χ2n) is 3.79. The van der Waals surface area contributed by atoms with Crippen molar-refractivity contribution in [1.82, 2.24) is 0 Å². The molecule has 0 heteroatoms. The Morgan fingerprint density at radius 3 is 2.44 bits per heavy atom. The van der Waals surface area contributed by atoms with Crippen LogP contribution in [0.15, 0.2) is 11.1 Å². The summed E-state index contributed by atoms with van der Waals surface area (Å²) in [6.45, 7) is 0. The van der Waals surface area contributed by atoms with Gasteiger partial charge >= 0.3 is 0 Å². The van der Waals surface area contributed by atoms with Crippen LogP contribution in [0, 0.1) is 11.8 Å². The molecule has 0 radical (unpaired) electrons. The normalized spacial score (nSPS) is 39.3. The third-order valence-electron chi connectivity index (χ3n) is 3.13. The number of hydrogen-bond donors (Lipinski definition) is 0. The minimum Gasteiger partial charge on any atom is -0.0663 e. The van der Waals surface area contributed by atoms with Crippen LogP contribution in [-0.2, 0) is 0 Å². The van der Waals surface area contributed by atoms with Crippen LogP contribution in [0.5, 0.6) is 0 Å². The van der Waals surface area contributed by atoms with Gasteiger partial charge in [-0.1, -0.05) is 11.1 Å². The third kappa shape index (κ3) is 0.540. The maximum atomic E-state index is 1.89. The van der Waals surface area contributed by atoms with Crippen molar-refractivity contribution in [3.8, 4) is 0 Å². The molecule has 1 atom stereocenters. The predicted octanol–water partition coefficient (Wildman–Crippen LogP) is 2.51. The molecular formula is C9H12. The largest absolute Gasteiger partial charge is 0.0663 e. The Labute approximate surface area is 56.0 Å². The smallest absolute Gasteiger partial charge is 0.00999 e. The summed E-state index contributed by atoms with van der Waals surface area (Å²) in [5, 5.41) is 0. The van der Waals surface area contributed by atoms with Crippen LogP contribution >= 0.6 is 0 Å². The molecule has 1 unspecified atom stereocenters. The van der Waals surface area contributed by atoms with Crippen molar-refractivity contribution in [3.63, 3.8) is 0 Å². The molecule has 0 heterocycles. The van der Waals surface area contributed by atoms with Crippen LogP contribution in [0.25, 0.3) is 0 Å². The van der Waals surface area contributed by atoms with E-state index in [9.17, 15) is 0 Å². The molecule has 0 aromatic carbocycles. The van der Waals surface area contributed by atoms with Gasteiger partial charge in [-0.2, -0.15) is 0 Å². The van der Waals surface area contributed by atoms with E-state index in [2.05, 4.69) is 0 Å². The van der Waals surface area contributed by atoms with Crippen molar-refractivity contribution in [2.75, 3.05) is 0 Å². The fraction of sp³-hybridized carbons (Fsp3) is 0.778. The second kappa shape index (κ2) is 1.25. The Morgan fingerprint density at radius 2 is 2.00 bits per heavy atom. The predicted molar refractivity (Wildman–Crippen MR) is 37.1 cm³/mol. The summed E-state index contributed by atoms with van der Waals surface area (Å²) in [4.78, 5) is 0. The summed E-state index contributed by atoms with van der Waals surface area (Å²) in [5.41, 5.74) is 3.73. The molecule has 1 fully saturated rings. The van der Waals surface area contributed by atoms with E-state index >= 15 is 0 Å². The minimum absolute atomic E-state index is 1.10. The first-order valence-electron chi connectivity index (χ1n) is 4.16. The molecule has 3 aliphatic carbocycles. The fourth-order valence-corrected chi connectivity index (χ4v) is 2.35. The van der Waals surface area contributed by atoms with Crippen molar-refractivity contribution in [2.24, 2.45) is 11.8 Å². The maximum Gasteiger partial charge on any atom is -0.00999 e. The molecule has 0 saturated heterocycles. The molecule has 0 aromatic heterocycles. The summed E-state index contributed by atoms with van der Waals surface area (Å²) >= 11 is 0. The quantitative estimate of drug-likeness (QED) is 0.466. The molecule has 0 N–H and O–H groups in total. The summed E-state index contributed by atoms with van der Waals surface area (Å²) in [6, 6.07) is 0. The highest BCUT2D eigenvalue weighted by Gasteiger charge is 2.43. The van der Waals surface area contributed by atoms with Crippen molar-refractivity contribution < 1.29 is 0 Å². The average molecular weight is 120 g/mol. The van der Waals surface area contributed by atoms with Crippen molar-refractivity contribution in [1.29, 1.82) is 0 Å². The lowest BCUT2D eigenvalue weighted by Gasteiger charge is -2.08. The van der Waals surface area contributed by atoms with Gasteiger partial charge in [0.2, 0.25) is 0 Å². The molecule has 0 nitrogen and oxygen atoms in total. The second-order valence-corrected chi connectivity index (χ2v) is 3.79. The highest BCUT2D eigenvalue weighted by Crippen LogP contribution is 2.57. The van der Waals surface area contributed by atoms with Gasteiger partial charge in [-0.25, -0.2) is 0 Å². The van der Waals surface area contributed by atoms with Crippen LogP contribution in [0.1, 0.15) is 32.1 Å². The van der Waals surface area contributed by atoms with Gasteiger partial charge in [-0.15, -0.1) is 0 Å². The highest BCUT2D eigenvalue weighted by molar-refractivity contribution is 5.42. The Morgan fingerprint density at radius 1 is 1.11 bits per heavy atom. The van der Waals surface area contributed by atoms with Crippen LogP contribution in [0.3, 0.4) is 0 Å². The average Bonchev–Trinajstić information content (AvgIpc) is 2.74. The molecule has 0 aliphatic heterocycles. The summed E-state index contributed by atoms with van der Waals surface area (Å²) in [5.74, 6) is 2.25. The summed E-state index contributed by atoms with van der Waals surface area (Å²) in [7, 11) is 0. The minimum atomic E-state index is 1.10. The zero-order valence-electron chi connectivity index (χ0n) is 5.69. The van der Waals surface area contributed by atoms with Crippen molar-refractivity contribution in [3.05, 3.63) is 11.1 Å². The van der Waals surface area contributed by atoms with Crippen LogP contribution in [-0.4, -0.2) is 0 Å². The molecule has 1 saturated carbocycles. The summed E-state index contributed by atoms with van der Waals surface area (Å²) < 4.78 is 0. The van der Waals surface area contributed by atoms with Gasteiger partial charge < -0.3 is 0 Å². The number of allylic oxidation sites excluding steroid dienone is 2. The number of rotatable bonds is 1. The molecule has 0 amide bonds. The summed E-state index contributed by atoms with van der Waals surface area (Å²) in [6.07, 6.45) is 7.52. The monoisotopic (exact) mass is 120 g/mol. The molecular weight excluding hydrogens is 108 g/mol. The topological polar surface area (TPSA) is 0 Å². The zero-order chi connectivity index (χ0) is 5.84. The molecule has 0 spiro atoms. The highest BCUT2D eigenvalue weighted by atomic mass is 14.5. The lowest BCUT2D eigenvalue weighted by atomic mass is 9.97. The Kier molecular flexibility index (Phi) is 0.633. The third-order valence-corrected chi connectivity index (χ3v) is 3.13. The van der Waals surface area contributed by atoms with E-state index in [1.54, 1.807) is 12.8 Å². The van der Waals surface area contributed by atoms with Gasteiger partial charge in [0, 0.05) is 0 Å². The van der Waals surface area contributed by atoms with E-state index in [0.29, 0.717) is 0 Å². The van der Waals surface area contributed by atoms with Crippen molar-refractivity contribution >= 4 is 0 Å². The van der Waals surface area contributed by atoms with Gasteiger partial charge in [0.25, 0.3) is 0 Å². The fourth-order valence-electron chi connectivity index (χ4n) is 2.35. The molecule has 48 valence electrons. The lowest BCUT2D eigenvalue weighted by Crippen LogP contribution is -1.98. The van der Waals surface area contributed by atoms with Crippen LogP contribution in [0.4, 0.5) is 0 Å². The molecule has 9 heavy (non-hydrogen) atoms. The van der Waals surface area contributed by atoms with Crippen LogP contribution < -0.4 is 0 Å². The Hall–Kier alpha value is -0.260. The Bertz CT molecular complexity index is 184. The van der Waals surface area contributed by atoms with Crippen molar-refractivity contribution in [2.45, 2.75) is 32.1 Å². The van der Waals surface area contributed by atoms with Gasteiger partial charge in [-0.05, 0) is 43.9 Å².